The van der Waals surface area contributed by atoms with Gasteiger partial charge in [-0.1, -0.05) is 24.3 Å². The fourth-order valence-corrected chi connectivity index (χ4v) is 5.20. The van der Waals surface area contributed by atoms with Crippen molar-refractivity contribution in [1.82, 2.24) is 10.2 Å². The third kappa shape index (κ3) is 4.82. The summed E-state index contributed by atoms with van der Waals surface area (Å²) >= 11 is 0. The van der Waals surface area contributed by atoms with E-state index in [0.29, 0.717) is 48.9 Å². The van der Waals surface area contributed by atoms with E-state index in [1.54, 1.807) is 55.5 Å². The van der Waals surface area contributed by atoms with Gasteiger partial charge in [0.25, 0.3) is 0 Å². The summed E-state index contributed by atoms with van der Waals surface area (Å²) in [5, 5.41) is 2.43. The zero-order chi connectivity index (χ0) is 20.9. The first-order valence-corrected chi connectivity index (χ1v) is 11.0. The molecule has 7 nitrogen and oxygen atoms in total. The Morgan fingerprint density at radius 3 is 2.31 bits per heavy atom. The minimum atomic E-state index is -3.36. The van der Waals surface area contributed by atoms with Crippen LogP contribution in [-0.2, 0) is 16.4 Å². The molecular weight excluding hydrogens is 392 g/mol. The molecule has 0 saturated carbocycles. The monoisotopic (exact) mass is 418 g/mol. The fraction of sp³-hybridized carbons (Fsp3) is 0.381. The van der Waals surface area contributed by atoms with Crippen molar-refractivity contribution in [3.8, 4) is 11.5 Å². The first kappa shape index (κ1) is 21.0. The van der Waals surface area contributed by atoms with Crippen LogP contribution >= 0.6 is 0 Å². The van der Waals surface area contributed by atoms with Crippen LogP contribution in [0.3, 0.4) is 0 Å². The van der Waals surface area contributed by atoms with Crippen LogP contribution in [0.5, 0.6) is 11.5 Å². The number of nitrogens with one attached hydrogen (secondary N) is 1. The number of urea groups is 1. The summed E-state index contributed by atoms with van der Waals surface area (Å²) in [5.41, 5.74) is 0.887. The molecule has 1 heterocycles. The number of hydrogen-bond donors (Lipinski definition) is 1. The molecule has 156 valence electrons. The first-order chi connectivity index (χ1) is 14.0. The van der Waals surface area contributed by atoms with Gasteiger partial charge in [-0.25, -0.2) is 13.2 Å². The number of carbonyl (C=O) groups is 1. The van der Waals surface area contributed by atoms with Gasteiger partial charge in [-0.15, -0.1) is 0 Å². The van der Waals surface area contributed by atoms with Crippen molar-refractivity contribution >= 4 is 15.9 Å². The summed E-state index contributed by atoms with van der Waals surface area (Å²) in [5.74, 6) is 1.23. The number of hydrogen-bond acceptors (Lipinski definition) is 5. The lowest BCUT2D eigenvalue weighted by Gasteiger charge is -2.31. The number of methoxy groups -OCH3 is 2. The Morgan fingerprint density at radius 1 is 1.03 bits per heavy atom. The highest BCUT2D eigenvalue weighted by atomic mass is 32.2. The average molecular weight is 419 g/mol. The van der Waals surface area contributed by atoms with Gasteiger partial charge in [0.1, 0.15) is 0 Å². The topological polar surface area (TPSA) is 84.9 Å². The minimum Gasteiger partial charge on any atom is -0.493 e. The van der Waals surface area contributed by atoms with E-state index in [1.165, 1.54) is 0 Å². The van der Waals surface area contributed by atoms with Crippen LogP contribution in [0.15, 0.2) is 53.4 Å². The normalized spacial score (nSPS) is 15.0. The van der Waals surface area contributed by atoms with E-state index >= 15 is 0 Å². The Balaban J connectivity index is 1.54. The highest BCUT2D eigenvalue weighted by Gasteiger charge is 2.32. The predicted molar refractivity (Wildman–Crippen MR) is 110 cm³/mol. The number of piperidine rings is 1. The second-order valence-electron chi connectivity index (χ2n) is 6.89. The Hall–Kier alpha value is -2.74. The first-order valence-electron chi connectivity index (χ1n) is 9.48. The molecule has 29 heavy (non-hydrogen) atoms. The van der Waals surface area contributed by atoms with Gasteiger partial charge in [-0.05, 0) is 42.7 Å². The maximum Gasteiger partial charge on any atom is 0.317 e. The van der Waals surface area contributed by atoms with Gasteiger partial charge in [0.05, 0.1) is 24.4 Å². The summed E-state index contributed by atoms with van der Waals surface area (Å²) in [6.07, 6.45) is 0.863. The van der Waals surface area contributed by atoms with Crippen LogP contribution in [0.25, 0.3) is 0 Å². The van der Waals surface area contributed by atoms with Gasteiger partial charge in [0.2, 0.25) is 0 Å². The molecule has 0 radical (unpaired) electrons. The number of rotatable bonds is 6. The zero-order valence-corrected chi connectivity index (χ0v) is 17.4. The molecule has 0 spiro atoms. The number of carbonyl (C=O) groups excluding carboxylic acids is 1. The molecule has 1 aliphatic heterocycles. The molecule has 0 aliphatic carbocycles. The van der Waals surface area contributed by atoms with Gasteiger partial charge in [0, 0.05) is 19.6 Å². The molecule has 2 aromatic rings. The third-order valence-corrected chi connectivity index (χ3v) is 7.41. The molecule has 0 bridgehead atoms. The van der Waals surface area contributed by atoms with E-state index in [2.05, 4.69) is 5.32 Å². The van der Waals surface area contributed by atoms with Crippen molar-refractivity contribution in [2.75, 3.05) is 27.3 Å². The summed E-state index contributed by atoms with van der Waals surface area (Å²) in [7, 11) is -0.231. The van der Waals surface area contributed by atoms with E-state index in [9.17, 15) is 13.2 Å². The summed E-state index contributed by atoms with van der Waals surface area (Å²) in [6, 6.07) is 13.8. The van der Waals surface area contributed by atoms with Crippen molar-refractivity contribution in [2.24, 2.45) is 0 Å². The standard InChI is InChI=1S/C21H26N2O5S/c1-27-19-9-8-16(14-20(19)28-2)15-22-21(24)23-12-10-18(11-13-23)29(25,26)17-6-4-3-5-7-17/h3-9,14,18H,10-13,15H2,1-2H3,(H,22,24). The molecule has 0 atom stereocenters. The lowest BCUT2D eigenvalue weighted by Crippen LogP contribution is -2.46. The molecule has 3 rings (SSSR count). The number of ether oxygens (including phenoxy) is 2. The van der Waals surface area contributed by atoms with Crippen LogP contribution < -0.4 is 14.8 Å². The van der Waals surface area contributed by atoms with Crippen LogP contribution in [0.4, 0.5) is 4.79 Å². The highest BCUT2D eigenvalue weighted by Crippen LogP contribution is 2.28. The Kier molecular flexibility index (Phi) is 6.64. The molecular formula is C21H26N2O5S. The van der Waals surface area contributed by atoms with Crippen molar-refractivity contribution in [1.29, 1.82) is 0 Å². The quantitative estimate of drug-likeness (QED) is 0.780. The Bertz CT molecular complexity index is 939. The van der Waals surface area contributed by atoms with Crippen LogP contribution in [-0.4, -0.2) is 51.9 Å². The zero-order valence-electron chi connectivity index (χ0n) is 16.6. The van der Waals surface area contributed by atoms with E-state index in [4.69, 9.17) is 9.47 Å². The van der Waals surface area contributed by atoms with Crippen molar-refractivity contribution in [2.45, 2.75) is 29.5 Å². The number of amides is 2. The van der Waals surface area contributed by atoms with Gasteiger partial charge in [-0.3, -0.25) is 0 Å². The third-order valence-electron chi connectivity index (χ3n) is 5.13. The molecule has 8 heteroatoms. The number of nitrogens with zero attached hydrogens (tertiary/aromatic N) is 1. The van der Waals surface area contributed by atoms with E-state index in [-0.39, 0.29) is 6.03 Å². The maximum atomic E-state index is 12.7. The second-order valence-corrected chi connectivity index (χ2v) is 9.12. The number of benzene rings is 2. The van der Waals surface area contributed by atoms with Gasteiger partial charge in [0.15, 0.2) is 21.3 Å². The number of sulfone groups is 1. The lowest BCUT2D eigenvalue weighted by molar-refractivity contribution is 0.186. The Morgan fingerprint density at radius 2 is 1.69 bits per heavy atom. The second kappa shape index (κ2) is 9.17. The maximum absolute atomic E-state index is 12.7. The average Bonchev–Trinajstić information content (AvgIpc) is 2.77. The van der Waals surface area contributed by atoms with E-state index in [1.807, 2.05) is 12.1 Å². The molecule has 1 saturated heterocycles. The van der Waals surface area contributed by atoms with E-state index < -0.39 is 15.1 Å². The molecule has 0 aromatic heterocycles. The molecule has 1 N–H and O–H groups in total. The van der Waals surface area contributed by atoms with Gasteiger partial charge in [-0.2, -0.15) is 0 Å². The molecule has 0 unspecified atom stereocenters. The summed E-state index contributed by atoms with van der Waals surface area (Å²) in [4.78, 5) is 14.5. The van der Waals surface area contributed by atoms with Gasteiger partial charge >= 0.3 is 6.03 Å². The van der Waals surface area contributed by atoms with Crippen LogP contribution in [0.2, 0.25) is 0 Å². The SMILES string of the molecule is COc1ccc(CNC(=O)N2CCC(S(=O)(=O)c3ccccc3)CC2)cc1OC. The predicted octanol–water partition coefficient (Wildman–Crippen LogP) is 2.85. The smallest absolute Gasteiger partial charge is 0.317 e. The van der Waals surface area contributed by atoms with Gasteiger partial charge < -0.3 is 19.7 Å². The Labute approximate surface area is 171 Å². The summed E-state index contributed by atoms with van der Waals surface area (Å²) < 4.78 is 36.0. The van der Waals surface area contributed by atoms with Crippen molar-refractivity contribution in [3.63, 3.8) is 0 Å². The molecule has 1 aliphatic rings. The van der Waals surface area contributed by atoms with Crippen LogP contribution in [0.1, 0.15) is 18.4 Å². The fourth-order valence-electron chi connectivity index (χ4n) is 3.45. The summed E-state index contributed by atoms with van der Waals surface area (Å²) in [6.45, 7) is 1.17. The van der Waals surface area contributed by atoms with E-state index in [0.717, 1.165) is 5.56 Å². The van der Waals surface area contributed by atoms with Crippen molar-refractivity contribution < 1.29 is 22.7 Å². The molecule has 2 aromatic carbocycles. The molecule has 2 amide bonds. The number of likely N-dealkylation sites (tertiary alicyclic amines) is 1. The lowest BCUT2D eigenvalue weighted by atomic mass is 10.1. The molecule has 1 fully saturated rings. The minimum absolute atomic E-state index is 0.199. The highest BCUT2D eigenvalue weighted by molar-refractivity contribution is 7.92. The van der Waals surface area contributed by atoms with Crippen LogP contribution in [0, 0.1) is 0 Å². The largest absolute Gasteiger partial charge is 0.493 e. The van der Waals surface area contributed by atoms with Crippen molar-refractivity contribution in [3.05, 3.63) is 54.1 Å².